The van der Waals surface area contributed by atoms with Crippen molar-refractivity contribution in [3.63, 3.8) is 0 Å². The molecule has 0 aliphatic carbocycles. The molecule has 9 heteroatoms. The van der Waals surface area contributed by atoms with Crippen molar-refractivity contribution in [2.24, 2.45) is 0 Å². The van der Waals surface area contributed by atoms with E-state index < -0.39 is 10.0 Å². The van der Waals surface area contributed by atoms with Crippen LogP contribution in [0.5, 0.6) is 0 Å². The number of nitrogens with one attached hydrogen (secondary N) is 1. The Morgan fingerprint density at radius 3 is 2.51 bits per heavy atom. The molecule has 3 aromatic rings. The molecular weight excluding hydrogens is 467 g/mol. The highest BCUT2D eigenvalue weighted by Crippen LogP contribution is 2.43. The van der Waals surface area contributed by atoms with Gasteiger partial charge in [0, 0.05) is 37.3 Å². The van der Waals surface area contributed by atoms with Gasteiger partial charge in [-0.2, -0.15) is 5.06 Å². The topological polar surface area (TPSA) is 84.4 Å². The van der Waals surface area contributed by atoms with Gasteiger partial charge in [-0.05, 0) is 47.0 Å². The van der Waals surface area contributed by atoms with Crippen LogP contribution in [-0.2, 0) is 14.9 Å². The minimum absolute atomic E-state index is 0.220. The van der Waals surface area contributed by atoms with Gasteiger partial charge in [-0.15, -0.1) is 0 Å². The van der Waals surface area contributed by atoms with Gasteiger partial charge in [0.15, 0.2) is 0 Å². The number of anilines is 1. The predicted molar refractivity (Wildman–Crippen MR) is 134 cm³/mol. The number of allylic oxidation sites excluding steroid dienone is 2. The van der Waals surface area contributed by atoms with E-state index in [2.05, 4.69) is 26.8 Å². The third-order valence-corrected chi connectivity index (χ3v) is 6.33. The van der Waals surface area contributed by atoms with Crippen molar-refractivity contribution in [3.05, 3.63) is 113 Å². The Hall–Kier alpha value is -3.40. The maximum atomic E-state index is 13.9. The number of aromatic nitrogens is 2. The molecule has 1 aliphatic heterocycles. The van der Waals surface area contributed by atoms with Crippen LogP contribution in [0.4, 0.5) is 10.2 Å². The van der Waals surface area contributed by atoms with Gasteiger partial charge in [-0.3, -0.25) is 9.71 Å². The summed E-state index contributed by atoms with van der Waals surface area (Å²) in [6.07, 6.45) is 10.8. The van der Waals surface area contributed by atoms with Crippen LogP contribution in [0.15, 0.2) is 90.8 Å². The molecule has 0 radical (unpaired) electrons. The molecule has 1 aliphatic rings. The molecule has 7 nitrogen and oxygen atoms in total. The fraction of sp³-hybridized carbons (Fsp3) is 0.231. The molecule has 35 heavy (non-hydrogen) atoms. The van der Waals surface area contributed by atoms with E-state index in [0.29, 0.717) is 18.8 Å². The lowest BCUT2D eigenvalue weighted by molar-refractivity contribution is -0.112. The number of hydrogen-bond acceptors (Lipinski definition) is 6. The number of hydrogen-bond donors (Lipinski definition) is 1. The number of hydroxylamine groups is 2. The quantitative estimate of drug-likeness (QED) is 0.504. The molecule has 0 fully saturated rings. The number of nitrogens with zero attached hydrogens (tertiary/aromatic N) is 3. The molecule has 4 rings (SSSR count). The normalized spacial score (nSPS) is 16.3. The van der Waals surface area contributed by atoms with Gasteiger partial charge in [-0.1, -0.05) is 42.5 Å². The van der Waals surface area contributed by atoms with Crippen molar-refractivity contribution in [3.8, 4) is 0 Å². The summed E-state index contributed by atoms with van der Waals surface area (Å²) in [5, 5.41) is 1.83. The molecule has 0 saturated carbocycles. The third-order valence-electron chi connectivity index (χ3n) is 5.75. The molecular formula is C26H27FN4O3S. The third kappa shape index (κ3) is 6.39. The van der Waals surface area contributed by atoms with E-state index in [-0.39, 0.29) is 23.5 Å². The first-order valence-electron chi connectivity index (χ1n) is 11.1. The number of halogens is 1. The highest BCUT2D eigenvalue weighted by atomic mass is 32.2. The van der Waals surface area contributed by atoms with Crippen molar-refractivity contribution < 1.29 is 17.6 Å². The maximum Gasteiger partial charge on any atom is 0.230 e. The zero-order valence-electron chi connectivity index (χ0n) is 19.5. The Morgan fingerprint density at radius 1 is 1.03 bits per heavy atom. The van der Waals surface area contributed by atoms with Gasteiger partial charge < -0.3 is 4.84 Å². The molecule has 2 unspecified atom stereocenters. The van der Waals surface area contributed by atoms with E-state index in [1.165, 1.54) is 12.1 Å². The van der Waals surface area contributed by atoms with Crippen molar-refractivity contribution >= 4 is 15.8 Å². The Balaban J connectivity index is 1.90. The summed E-state index contributed by atoms with van der Waals surface area (Å²) in [6, 6.07) is 15.4. The smallest absolute Gasteiger partial charge is 0.230 e. The van der Waals surface area contributed by atoms with Crippen molar-refractivity contribution in [1.29, 1.82) is 0 Å². The lowest BCUT2D eigenvalue weighted by Crippen LogP contribution is -2.22. The van der Waals surface area contributed by atoms with E-state index in [9.17, 15) is 12.8 Å². The molecule has 1 N–H and O–H groups in total. The van der Waals surface area contributed by atoms with E-state index in [0.717, 1.165) is 23.0 Å². The van der Waals surface area contributed by atoms with Crippen LogP contribution in [0.25, 0.3) is 0 Å². The number of sulfonamides is 1. The Bertz CT molecular complexity index is 1310. The van der Waals surface area contributed by atoms with Crippen LogP contribution < -0.4 is 4.72 Å². The Morgan fingerprint density at radius 2 is 1.83 bits per heavy atom. The van der Waals surface area contributed by atoms with Crippen molar-refractivity contribution in [1.82, 2.24) is 15.0 Å². The summed E-state index contributed by atoms with van der Waals surface area (Å²) in [6.45, 7) is 1.21. The van der Waals surface area contributed by atoms with Gasteiger partial charge in [0.25, 0.3) is 0 Å². The minimum Gasteiger partial charge on any atom is -0.302 e. The average Bonchev–Trinajstić information content (AvgIpc) is 3.08. The van der Waals surface area contributed by atoms with E-state index in [1.54, 1.807) is 37.6 Å². The molecule has 182 valence electrons. The standard InChI is InChI=1S/C26H27FN4O3S/c1-34-31-16-5-7-19(14-17-31)25(21-6-4-15-28-18-21)26(20-10-12-22(27)13-11-20)23-8-3-9-24(29-23)30-35(2,32)33/h3-15,18,25-26H,16-17H2,1-2H3,(H,29,30). The van der Waals surface area contributed by atoms with Crippen molar-refractivity contribution in [2.45, 2.75) is 11.8 Å². The molecule has 2 aromatic heterocycles. The molecule has 2 atom stereocenters. The Labute approximate surface area is 205 Å². The zero-order chi connectivity index (χ0) is 24.8. The summed E-state index contributed by atoms with van der Waals surface area (Å²) >= 11 is 0. The fourth-order valence-corrected chi connectivity index (χ4v) is 4.74. The lowest BCUT2D eigenvalue weighted by Gasteiger charge is -2.29. The SMILES string of the molecule is CON1CC=CC(C(c2cccnc2)C(c2ccc(F)cc2)c2cccc(NS(C)(=O)=O)n2)=CC1. The van der Waals surface area contributed by atoms with Crippen LogP contribution >= 0.6 is 0 Å². The monoisotopic (exact) mass is 494 g/mol. The zero-order valence-corrected chi connectivity index (χ0v) is 20.3. The van der Waals surface area contributed by atoms with Gasteiger partial charge in [0.2, 0.25) is 10.0 Å². The largest absolute Gasteiger partial charge is 0.302 e. The van der Waals surface area contributed by atoms with Gasteiger partial charge in [0.05, 0.1) is 19.1 Å². The van der Waals surface area contributed by atoms with Crippen LogP contribution in [-0.4, -0.2) is 49.9 Å². The second-order valence-corrected chi connectivity index (χ2v) is 10.00. The lowest BCUT2D eigenvalue weighted by atomic mass is 9.75. The summed E-state index contributed by atoms with van der Waals surface area (Å²) in [5.74, 6) is -0.706. The van der Waals surface area contributed by atoms with Gasteiger partial charge in [-0.25, -0.2) is 17.8 Å². The number of benzene rings is 1. The van der Waals surface area contributed by atoms with E-state index in [1.807, 2.05) is 35.5 Å². The Kier molecular flexibility index (Phi) is 7.70. The summed E-state index contributed by atoms with van der Waals surface area (Å²) in [5.41, 5.74) is 3.45. The average molecular weight is 495 g/mol. The van der Waals surface area contributed by atoms with E-state index in [4.69, 9.17) is 4.84 Å². The van der Waals surface area contributed by atoms with Crippen LogP contribution in [0.3, 0.4) is 0 Å². The second-order valence-electron chi connectivity index (χ2n) is 8.25. The second kappa shape index (κ2) is 10.9. The molecule has 1 aromatic carbocycles. The van der Waals surface area contributed by atoms with Crippen LogP contribution in [0, 0.1) is 5.82 Å². The van der Waals surface area contributed by atoms with Crippen LogP contribution in [0.1, 0.15) is 28.7 Å². The summed E-state index contributed by atoms with van der Waals surface area (Å²) in [4.78, 5) is 14.4. The summed E-state index contributed by atoms with van der Waals surface area (Å²) in [7, 11) is -1.88. The molecule has 0 spiro atoms. The first-order valence-corrected chi connectivity index (χ1v) is 13.0. The number of rotatable bonds is 8. The first-order chi connectivity index (χ1) is 16.8. The highest BCUT2D eigenvalue weighted by Gasteiger charge is 2.31. The van der Waals surface area contributed by atoms with Gasteiger partial charge >= 0.3 is 0 Å². The number of pyridine rings is 2. The molecule has 0 saturated heterocycles. The highest BCUT2D eigenvalue weighted by molar-refractivity contribution is 7.92. The predicted octanol–water partition coefficient (Wildman–Crippen LogP) is 4.26. The maximum absolute atomic E-state index is 13.9. The van der Waals surface area contributed by atoms with E-state index >= 15 is 0 Å². The van der Waals surface area contributed by atoms with Gasteiger partial charge in [0.1, 0.15) is 11.6 Å². The summed E-state index contributed by atoms with van der Waals surface area (Å²) < 4.78 is 40.0. The molecule has 0 bridgehead atoms. The molecule has 0 amide bonds. The van der Waals surface area contributed by atoms with Crippen molar-refractivity contribution in [2.75, 3.05) is 31.2 Å². The minimum atomic E-state index is -3.51. The van der Waals surface area contributed by atoms with Crippen LogP contribution in [0.2, 0.25) is 0 Å². The molecule has 3 heterocycles. The first kappa shape index (κ1) is 24.7. The fourth-order valence-electron chi connectivity index (χ4n) is 4.25.